The quantitative estimate of drug-likeness (QED) is 0.782. The second kappa shape index (κ2) is 7.62. The van der Waals surface area contributed by atoms with E-state index in [9.17, 15) is 4.79 Å². The Morgan fingerprint density at radius 2 is 2.13 bits per heavy atom. The van der Waals surface area contributed by atoms with Gasteiger partial charge in [0.15, 0.2) is 6.20 Å². The van der Waals surface area contributed by atoms with E-state index in [1.165, 1.54) is 4.90 Å². The fourth-order valence-corrected chi connectivity index (χ4v) is 2.76. The lowest BCUT2D eigenvalue weighted by molar-refractivity contribution is -0.856. The number of hydrogen-bond donors (Lipinski definition) is 2. The molecule has 0 unspecified atom stereocenters. The van der Waals surface area contributed by atoms with Gasteiger partial charge in [0.2, 0.25) is 5.52 Å². The first-order valence-corrected chi connectivity index (χ1v) is 8.16. The molecule has 1 aromatic heterocycles. The fraction of sp³-hybridized carbons (Fsp3) is 0.412. The molecule has 0 aliphatic carbocycles. The Morgan fingerprint density at radius 3 is 2.78 bits per heavy atom. The molecule has 1 heterocycles. The lowest BCUT2D eigenvalue weighted by atomic mass is 10.1. The molecule has 3 N–H and O–H groups in total. The number of esters is 1. The maximum atomic E-state index is 12.3. The van der Waals surface area contributed by atoms with E-state index in [2.05, 4.69) is 24.4 Å². The minimum atomic E-state index is -0.344. The Labute approximate surface area is 141 Å². The van der Waals surface area contributed by atoms with E-state index in [0.717, 1.165) is 35.2 Å². The number of likely N-dealkylation sites (N-methyl/N-ethyl adjacent to an activating group) is 1. The highest BCUT2D eigenvalue weighted by Crippen LogP contribution is 2.29. The van der Waals surface area contributed by atoms with Gasteiger partial charge in [0.1, 0.15) is 5.56 Å². The molecule has 124 valence electrons. The third-order valence-corrected chi connectivity index (χ3v) is 3.84. The lowest BCUT2D eigenvalue weighted by Crippen LogP contribution is -3.06. The number of nitrogens with one attached hydrogen (secondary N) is 3. The van der Waals surface area contributed by atoms with E-state index in [0.29, 0.717) is 17.2 Å². The van der Waals surface area contributed by atoms with Crippen LogP contribution >= 0.6 is 11.6 Å². The number of anilines is 1. The van der Waals surface area contributed by atoms with Crippen LogP contribution in [-0.4, -0.2) is 39.8 Å². The molecule has 0 aliphatic heterocycles. The van der Waals surface area contributed by atoms with Crippen LogP contribution in [0.2, 0.25) is 5.02 Å². The van der Waals surface area contributed by atoms with Crippen LogP contribution in [-0.2, 0) is 4.74 Å². The predicted molar refractivity (Wildman–Crippen MR) is 92.4 cm³/mol. The lowest BCUT2D eigenvalue weighted by Gasteiger charge is -2.13. The molecule has 0 radical (unpaired) electrons. The topological polar surface area (TPSA) is 56.9 Å². The van der Waals surface area contributed by atoms with E-state index in [1.54, 1.807) is 13.1 Å². The number of fused-ring (bicyclic) bond motifs is 1. The van der Waals surface area contributed by atoms with Gasteiger partial charge in [0, 0.05) is 10.6 Å². The first-order chi connectivity index (χ1) is 10.9. The van der Waals surface area contributed by atoms with Crippen LogP contribution < -0.4 is 15.2 Å². The number of ether oxygens (including phenoxy) is 1. The van der Waals surface area contributed by atoms with Crippen LogP contribution in [0.5, 0.6) is 0 Å². The standard InChI is InChI=1S/C17H22ClN3O2/c1-5-23-17(22)14-10-20-15-11(2)8-12(18)9-13(15)16(14)19-6-7-21(3)4/h8-10H,5-7H2,1-4H3,(H,19,20)/p+2. The summed E-state index contributed by atoms with van der Waals surface area (Å²) < 4.78 is 5.17. The molecule has 23 heavy (non-hydrogen) atoms. The average Bonchev–Trinajstić information content (AvgIpc) is 2.47. The number of aryl methyl sites for hydroxylation is 1. The molecule has 5 nitrogen and oxygen atoms in total. The first kappa shape index (κ1) is 17.5. The molecule has 0 saturated carbocycles. The van der Waals surface area contributed by atoms with Crippen LogP contribution in [0.15, 0.2) is 18.3 Å². The molecular weight excluding hydrogens is 314 g/mol. The number of carbonyl (C=O) groups is 1. The van der Waals surface area contributed by atoms with Gasteiger partial charge in [-0.15, -0.1) is 0 Å². The molecule has 0 amide bonds. The summed E-state index contributed by atoms with van der Waals surface area (Å²) in [6.07, 6.45) is 1.70. The summed E-state index contributed by atoms with van der Waals surface area (Å²) in [6.45, 7) is 5.81. The van der Waals surface area contributed by atoms with E-state index in [-0.39, 0.29) is 5.97 Å². The number of halogens is 1. The molecule has 0 fully saturated rings. The molecule has 0 bridgehead atoms. The highest BCUT2D eigenvalue weighted by atomic mass is 35.5. The van der Waals surface area contributed by atoms with E-state index in [4.69, 9.17) is 16.3 Å². The van der Waals surface area contributed by atoms with Crippen molar-refractivity contribution in [3.63, 3.8) is 0 Å². The van der Waals surface area contributed by atoms with Crippen molar-refractivity contribution in [1.82, 2.24) is 0 Å². The van der Waals surface area contributed by atoms with Crippen LogP contribution in [0, 0.1) is 6.92 Å². The first-order valence-electron chi connectivity index (χ1n) is 7.78. The summed E-state index contributed by atoms with van der Waals surface area (Å²) in [6, 6.07) is 3.77. The third kappa shape index (κ3) is 4.12. The van der Waals surface area contributed by atoms with Crippen LogP contribution in [0.25, 0.3) is 10.9 Å². The average molecular weight is 338 g/mol. The Morgan fingerprint density at radius 1 is 1.39 bits per heavy atom. The van der Waals surface area contributed by atoms with Gasteiger partial charge in [-0.25, -0.2) is 9.78 Å². The van der Waals surface area contributed by atoms with E-state index in [1.807, 2.05) is 19.1 Å². The summed E-state index contributed by atoms with van der Waals surface area (Å²) in [5, 5.41) is 4.92. The van der Waals surface area contributed by atoms with Crippen molar-refractivity contribution in [3.05, 3.63) is 34.5 Å². The molecule has 0 atom stereocenters. The van der Waals surface area contributed by atoms with Gasteiger partial charge in [-0.1, -0.05) is 11.6 Å². The predicted octanol–water partition coefficient (Wildman–Crippen LogP) is 1.35. The fourth-order valence-electron chi connectivity index (χ4n) is 2.49. The SMILES string of the molecule is CCOC(=O)c1c[nH+]c2c(C)cc(Cl)cc2c1NCC[NH+](C)C. The van der Waals surface area contributed by atoms with Crippen LogP contribution in [0.1, 0.15) is 22.8 Å². The second-order valence-electron chi connectivity index (χ2n) is 5.83. The minimum Gasteiger partial charge on any atom is -0.462 e. The maximum absolute atomic E-state index is 12.3. The Hall–Kier alpha value is -1.85. The number of aromatic amines is 1. The monoisotopic (exact) mass is 337 g/mol. The summed E-state index contributed by atoms with van der Waals surface area (Å²) in [4.78, 5) is 16.8. The molecule has 1 aromatic carbocycles. The van der Waals surface area contributed by atoms with Gasteiger partial charge in [0.05, 0.1) is 44.9 Å². The summed E-state index contributed by atoms with van der Waals surface area (Å²) in [5.74, 6) is -0.344. The smallest absolute Gasteiger partial charge is 0.346 e. The van der Waals surface area contributed by atoms with Crippen molar-refractivity contribution in [2.75, 3.05) is 39.1 Å². The maximum Gasteiger partial charge on any atom is 0.346 e. The summed E-state index contributed by atoms with van der Waals surface area (Å²) >= 11 is 6.21. The van der Waals surface area contributed by atoms with Gasteiger partial charge in [-0.3, -0.25) is 0 Å². The van der Waals surface area contributed by atoms with Gasteiger partial charge >= 0.3 is 5.97 Å². The number of quaternary nitrogens is 1. The molecule has 2 rings (SSSR count). The van der Waals surface area contributed by atoms with Crippen molar-refractivity contribution in [2.45, 2.75) is 13.8 Å². The number of pyridine rings is 1. The molecule has 0 aliphatic rings. The van der Waals surface area contributed by atoms with E-state index >= 15 is 0 Å². The number of hydrogen-bond acceptors (Lipinski definition) is 3. The Balaban J connectivity index is 2.53. The molecular formula is C17H24ClN3O2+2. The minimum absolute atomic E-state index is 0.340. The molecule has 0 saturated heterocycles. The van der Waals surface area contributed by atoms with Gasteiger partial charge in [-0.05, 0) is 26.0 Å². The highest BCUT2D eigenvalue weighted by Gasteiger charge is 2.21. The summed E-state index contributed by atoms with van der Waals surface area (Å²) in [7, 11) is 4.18. The number of aromatic nitrogens is 1. The summed E-state index contributed by atoms with van der Waals surface area (Å²) in [5.41, 5.74) is 3.25. The van der Waals surface area contributed by atoms with Gasteiger partial charge in [-0.2, -0.15) is 0 Å². The van der Waals surface area contributed by atoms with Crippen molar-refractivity contribution < 1.29 is 19.4 Å². The number of rotatable bonds is 6. The molecule has 0 spiro atoms. The second-order valence-corrected chi connectivity index (χ2v) is 6.26. The highest BCUT2D eigenvalue weighted by molar-refractivity contribution is 6.31. The van der Waals surface area contributed by atoms with Crippen molar-refractivity contribution in [1.29, 1.82) is 0 Å². The Kier molecular flexibility index (Phi) is 5.80. The number of carbonyl (C=O) groups excluding carboxylic acids is 1. The number of H-pyrrole nitrogens is 1. The largest absolute Gasteiger partial charge is 0.462 e. The zero-order valence-electron chi connectivity index (χ0n) is 14.0. The van der Waals surface area contributed by atoms with Gasteiger partial charge in [0.25, 0.3) is 0 Å². The van der Waals surface area contributed by atoms with Crippen molar-refractivity contribution >= 4 is 34.2 Å². The Bertz CT molecular complexity index is 717. The zero-order chi connectivity index (χ0) is 17.0. The van der Waals surface area contributed by atoms with Gasteiger partial charge < -0.3 is 15.0 Å². The normalized spacial score (nSPS) is 11.0. The van der Waals surface area contributed by atoms with Crippen LogP contribution in [0.4, 0.5) is 5.69 Å². The zero-order valence-corrected chi connectivity index (χ0v) is 14.8. The van der Waals surface area contributed by atoms with Crippen LogP contribution in [0.3, 0.4) is 0 Å². The number of benzene rings is 1. The van der Waals surface area contributed by atoms with Crippen molar-refractivity contribution in [2.24, 2.45) is 0 Å². The van der Waals surface area contributed by atoms with E-state index < -0.39 is 0 Å². The van der Waals surface area contributed by atoms with Crippen molar-refractivity contribution in [3.8, 4) is 0 Å². The third-order valence-electron chi connectivity index (χ3n) is 3.62. The molecule has 6 heteroatoms. The molecule has 2 aromatic rings.